The van der Waals surface area contributed by atoms with Crippen LogP contribution in [-0.4, -0.2) is 22.5 Å². The number of carbonyl (C=O) groups excluding carboxylic acids is 2. The summed E-state index contributed by atoms with van der Waals surface area (Å²) in [6.45, 7) is 3.25. The molecule has 148 valence electrons. The first-order chi connectivity index (χ1) is 11.9. The number of aliphatic hydroxyl groups is 1. The molecule has 0 amide bonds. The van der Waals surface area contributed by atoms with Gasteiger partial charge in [-0.2, -0.15) is 0 Å². The third-order valence-corrected chi connectivity index (χ3v) is 4.95. The first-order valence-corrected chi connectivity index (χ1v) is 10.4. The average Bonchev–Trinajstić information content (AvgIpc) is 2.57. The number of ketones is 1. The van der Waals surface area contributed by atoms with Crippen molar-refractivity contribution in [1.29, 1.82) is 0 Å². The van der Waals surface area contributed by atoms with Gasteiger partial charge in [-0.15, -0.1) is 0 Å². The number of aliphatic carboxylic acids is 1. The van der Waals surface area contributed by atoms with Crippen molar-refractivity contribution in [2.75, 3.05) is 0 Å². The largest absolute Gasteiger partial charge is 1.00 e. The van der Waals surface area contributed by atoms with Gasteiger partial charge in [-0.3, -0.25) is 4.79 Å². The molecule has 0 aliphatic carbocycles. The number of carboxylic acids is 1. The van der Waals surface area contributed by atoms with Crippen LogP contribution < -0.4 is 56.5 Å². The topological polar surface area (TPSA) is 77.4 Å². The van der Waals surface area contributed by atoms with E-state index < -0.39 is 17.4 Å². The number of carboxylic acid groups (broad SMARTS) is 1. The van der Waals surface area contributed by atoms with Crippen molar-refractivity contribution in [1.82, 2.24) is 0 Å². The van der Waals surface area contributed by atoms with Gasteiger partial charge in [-0.05, 0) is 13.3 Å². The van der Waals surface area contributed by atoms with Crippen LogP contribution >= 0.6 is 0 Å². The predicted molar refractivity (Wildman–Crippen MR) is 100 cm³/mol. The van der Waals surface area contributed by atoms with Gasteiger partial charge < -0.3 is 15.0 Å². The van der Waals surface area contributed by atoms with Crippen molar-refractivity contribution in [3.63, 3.8) is 0 Å². The van der Waals surface area contributed by atoms with Gasteiger partial charge in [-0.25, -0.2) is 0 Å². The Morgan fingerprint density at radius 3 is 1.35 bits per heavy atom. The Labute approximate surface area is 203 Å². The summed E-state index contributed by atoms with van der Waals surface area (Å²) < 4.78 is 0. The van der Waals surface area contributed by atoms with Crippen LogP contribution in [0.3, 0.4) is 0 Å². The first-order valence-electron chi connectivity index (χ1n) is 10.4. The number of carbonyl (C=O) groups is 2. The summed E-state index contributed by atoms with van der Waals surface area (Å²) in [6, 6.07) is 0. The van der Waals surface area contributed by atoms with E-state index in [1.807, 2.05) is 0 Å². The molecule has 0 aliphatic rings. The summed E-state index contributed by atoms with van der Waals surface area (Å²) in [6.07, 6.45) is 18.7. The minimum absolute atomic E-state index is 0. The van der Waals surface area contributed by atoms with Crippen molar-refractivity contribution in [3.8, 4) is 0 Å². The molecule has 26 heavy (non-hydrogen) atoms. The molecule has 0 radical (unpaired) electrons. The van der Waals surface area contributed by atoms with E-state index in [-0.39, 0.29) is 57.8 Å². The maximum atomic E-state index is 11.6. The molecule has 0 saturated carbocycles. The molecule has 0 aliphatic heterocycles. The van der Waals surface area contributed by atoms with Crippen LogP contribution in [0, 0.1) is 0 Å². The molecule has 0 aromatic rings. The zero-order chi connectivity index (χ0) is 19.0. The molecule has 0 bridgehead atoms. The van der Waals surface area contributed by atoms with Gasteiger partial charge in [0.1, 0.15) is 0 Å². The van der Waals surface area contributed by atoms with Crippen molar-refractivity contribution in [2.24, 2.45) is 0 Å². The monoisotopic (exact) mass is 394 g/mol. The van der Waals surface area contributed by atoms with Crippen molar-refractivity contribution in [2.45, 2.75) is 122 Å². The predicted octanol–water partition coefficient (Wildman–Crippen LogP) is 1.32. The van der Waals surface area contributed by atoms with E-state index in [9.17, 15) is 19.8 Å². The second kappa shape index (κ2) is 19.1. The summed E-state index contributed by atoms with van der Waals surface area (Å²) >= 11 is 0. The second-order valence-corrected chi connectivity index (χ2v) is 7.48. The summed E-state index contributed by atoms with van der Waals surface area (Å²) in [5, 5.41) is 20.1. The molecule has 1 unspecified atom stereocenters. The van der Waals surface area contributed by atoms with E-state index in [2.05, 4.69) is 6.92 Å². The zero-order valence-corrected chi connectivity index (χ0v) is 20.6. The van der Waals surface area contributed by atoms with Gasteiger partial charge in [0.2, 0.25) is 0 Å². The SMILES string of the molecule is CCCCCCCCCCCCCCCCCC(=O)C(C)(O)C(=O)[O-].[K+]. The van der Waals surface area contributed by atoms with Crippen LogP contribution in [0.15, 0.2) is 0 Å². The van der Waals surface area contributed by atoms with Crippen LogP contribution in [0.4, 0.5) is 0 Å². The molecular formula is C21H39KO4. The smallest absolute Gasteiger partial charge is 0.547 e. The van der Waals surface area contributed by atoms with Crippen LogP contribution in [0.2, 0.25) is 0 Å². The summed E-state index contributed by atoms with van der Waals surface area (Å²) in [4.78, 5) is 22.2. The van der Waals surface area contributed by atoms with Gasteiger partial charge in [0.25, 0.3) is 0 Å². The van der Waals surface area contributed by atoms with Crippen molar-refractivity contribution in [3.05, 3.63) is 0 Å². The van der Waals surface area contributed by atoms with Gasteiger partial charge in [0, 0.05) is 6.42 Å². The molecule has 4 nitrogen and oxygen atoms in total. The van der Waals surface area contributed by atoms with Crippen LogP contribution in [0.25, 0.3) is 0 Å². The number of hydrogen-bond donors (Lipinski definition) is 1. The molecule has 0 spiro atoms. The molecule has 5 heteroatoms. The van der Waals surface area contributed by atoms with Gasteiger partial charge >= 0.3 is 51.4 Å². The van der Waals surface area contributed by atoms with E-state index in [1.165, 1.54) is 77.0 Å². The standard InChI is InChI=1S/C21H40O4.K/c1-3-4-5-6-7-8-9-10-11-12-13-14-15-16-17-18-19(22)21(2,25)20(23)24;/h25H,3-18H2,1-2H3,(H,23,24);/q;+1/p-1. The fourth-order valence-corrected chi connectivity index (χ4v) is 3.01. The van der Waals surface area contributed by atoms with Crippen molar-refractivity contribution >= 4 is 11.8 Å². The Kier molecular flexibility index (Phi) is 21.2. The van der Waals surface area contributed by atoms with Crippen molar-refractivity contribution < 1.29 is 71.2 Å². The molecule has 0 rings (SSSR count). The Balaban J connectivity index is 0. The maximum absolute atomic E-state index is 11.6. The van der Waals surface area contributed by atoms with E-state index in [0.717, 1.165) is 19.8 Å². The molecule has 0 aromatic carbocycles. The van der Waals surface area contributed by atoms with E-state index >= 15 is 0 Å². The summed E-state index contributed by atoms with van der Waals surface area (Å²) in [5.41, 5.74) is -2.34. The molecular weight excluding hydrogens is 355 g/mol. The molecule has 0 fully saturated rings. The average molecular weight is 395 g/mol. The Hall–Kier alpha value is 0.736. The molecule has 0 saturated heterocycles. The molecule has 0 aromatic heterocycles. The third kappa shape index (κ3) is 15.8. The number of hydrogen-bond acceptors (Lipinski definition) is 4. The normalized spacial score (nSPS) is 13.0. The number of rotatable bonds is 18. The van der Waals surface area contributed by atoms with E-state index in [1.54, 1.807) is 0 Å². The number of Topliss-reactive ketones (excluding diaryl/α,β-unsaturated/α-hetero) is 1. The molecule has 1 N–H and O–H groups in total. The third-order valence-electron chi connectivity index (χ3n) is 4.95. The Morgan fingerprint density at radius 1 is 0.731 bits per heavy atom. The van der Waals surface area contributed by atoms with E-state index in [0.29, 0.717) is 6.42 Å². The second-order valence-electron chi connectivity index (χ2n) is 7.48. The maximum Gasteiger partial charge on any atom is 1.00 e. The van der Waals surface area contributed by atoms with Crippen LogP contribution in [0.1, 0.15) is 117 Å². The quantitative estimate of drug-likeness (QED) is 0.216. The van der Waals surface area contributed by atoms with Gasteiger partial charge in [0.15, 0.2) is 11.4 Å². The summed E-state index contributed by atoms with van der Waals surface area (Å²) in [7, 11) is 0. The Morgan fingerprint density at radius 2 is 1.04 bits per heavy atom. The summed E-state index contributed by atoms with van der Waals surface area (Å²) in [5.74, 6) is -2.36. The minimum Gasteiger partial charge on any atom is -0.547 e. The van der Waals surface area contributed by atoms with Gasteiger partial charge in [-0.1, -0.05) is 96.8 Å². The fourth-order valence-electron chi connectivity index (χ4n) is 3.01. The molecule has 1 atom stereocenters. The number of unbranched alkanes of at least 4 members (excludes halogenated alkanes) is 14. The first kappa shape index (κ1) is 28.9. The Bertz CT molecular complexity index is 356. The van der Waals surface area contributed by atoms with Crippen LogP contribution in [-0.2, 0) is 9.59 Å². The van der Waals surface area contributed by atoms with Gasteiger partial charge in [0.05, 0.1) is 5.97 Å². The zero-order valence-electron chi connectivity index (χ0n) is 17.5. The van der Waals surface area contributed by atoms with Crippen LogP contribution in [0.5, 0.6) is 0 Å². The molecule has 0 heterocycles. The van der Waals surface area contributed by atoms with E-state index in [4.69, 9.17) is 0 Å². The fraction of sp³-hybridized carbons (Fsp3) is 0.905. The minimum atomic E-state index is -2.34.